The molecule has 1 N–H and O–H groups in total. The van der Waals surface area contributed by atoms with Gasteiger partial charge in [0.2, 0.25) is 0 Å². The van der Waals surface area contributed by atoms with E-state index in [2.05, 4.69) is 21.2 Å². The normalized spacial score (nSPS) is 12.3. The van der Waals surface area contributed by atoms with Crippen LogP contribution in [-0.2, 0) is 0 Å². The van der Waals surface area contributed by atoms with Crippen LogP contribution in [0.5, 0.6) is 0 Å². The van der Waals surface area contributed by atoms with E-state index < -0.39 is 28.9 Å². The minimum atomic E-state index is -1.63. The molecule has 0 aromatic heterocycles. The molecule has 0 bridgehead atoms. The van der Waals surface area contributed by atoms with Crippen LogP contribution in [0.1, 0.15) is 23.7 Å². The van der Waals surface area contributed by atoms with Gasteiger partial charge >= 0.3 is 0 Å². The van der Waals surface area contributed by atoms with Gasteiger partial charge in [-0.3, -0.25) is 4.79 Å². The lowest BCUT2D eigenvalue weighted by Gasteiger charge is -2.11. The predicted octanol–water partition coefficient (Wildman–Crippen LogP) is 3.25. The van der Waals surface area contributed by atoms with Crippen molar-refractivity contribution in [2.75, 3.05) is 11.9 Å². The molecule has 0 aliphatic rings. The lowest BCUT2D eigenvalue weighted by molar-refractivity contribution is 0.0942. The fraction of sp³-hybridized carbons (Fsp3) is 0.417. The summed E-state index contributed by atoms with van der Waals surface area (Å²) in [7, 11) is 0. The number of hydrogen-bond acceptors (Lipinski definition) is 1. The van der Waals surface area contributed by atoms with Crippen molar-refractivity contribution in [1.29, 1.82) is 0 Å². The van der Waals surface area contributed by atoms with Gasteiger partial charge in [-0.1, -0.05) is 22.9 Å². The van der Waals surface area contributed by atoms with Crippen LogP contribution < -0.4 is 5.32 Å². The van der Waals surface area contributed by atoms with Gasteiger partial charge in [-0.25, -0.2) is 13.2 Å². The number of halogens is 4. The predicted molar refractivity (Wildman–Crippen MR) is 66.2 cm³/mol. The summed E-state index contributed by atoms with van der Waals surface area (Å²) in [5, 5.41) is 3.28. The second kappa shape index (κ2) is 6.78. The number of rotatable bonds is 5. The van der Waals surface area contributed by atoms with Gasteiger partial charge in [0.25, 0.3) is 5.91 Å². The minimum Gasteiger partial charge on any atom is -0.352 e. The van der Waals surface area contributed by atoms with Crippen LogP contribution in [0.25, 0.3) is 0 Å². The number of alkyl halides is 1. The van der Waals surface area contributed by atoms with Crippen molar-refractivity contribution in [2.24, 2.45) is 5.92 Å². The standard InChI is InChI=1S/C12H13BrF3NO/c1-7(4-5-13)6-17-12(18)8-2-3-9(14)11(16)10(8)15/h2-3,7H,4-6H2,1H3,(H,17,18). The number of carbonyl (C=O) groups is 1. The first kappa shape index (κ1) is 15.0. The minimum absolute atomic E-state index is 0.210. The summed E-state index contributed by atoms with van der Waals surface area (Å²) in [6.07, 6.45) is 0.848. The monoisotopic (exact) mass is 323 g/mol. The largest absolute Gasteiger partial charge is 0.352 e. The maximum Gasteiger partial charge on any atom is 0.254 e. The van der Waals surface area contributed by atoms with Crippen molar-refractivity contribution in [1.82, 2.24) is 5.32 Å². The van der Waals surface area contributed by atoms with Crippen molar-refractivity contribution in [3.63, 3.8) is 0 Å². The highest BCUT2D eigenvalue weighted by molar-refractivity contribution is 9.09. The number of benzene rings is 1. The zero-order chi connectivity index (χ0) is 13.7. The molecule has 1 unspecified atom stereocenters. The fourth-order valence-corrected chi connectivity index (χ4v) is 2.13. The smallest absolute Gasteiger partial charge is 0.254 e. The van der Waals surface area contributed by atoms with Gasteiger partial charge in [-0.05, 0) is 24.5 Å². The topological polar surface area (TPSA) is 29.1 Å². The molecule has 1 atom stereocenters. The van der Waals surface area contributed by atoms with E-state index in [-0.39, 0.29) is 5.92 Å². The average Bonchev–Trinajstić information content (AvgIpc) is 2.34. The highest BCUT2D eigenvalue weighted by atomic mass is 79.9. The van der Waals surface area contributed by atoms with E-state index in [0.29, 0.717) is 6.54 Å². The molecule has 1 aromatic rings. The van der Waals surface area contributed by atoms with Gasteiger partial charge in [0, 0.05) is 11.9 Å². The first-order valence-corrected chi connectivity index (χ1v) is 6.57. The first-order valence-electron chi connectivity index (χ1n) is 5.45. The zero-order valence-electron chi connectivity index (χ0n) is 9.77. The molecule has 0 fully saturated rings. The Morgan fingerprint density at radius 1 is 1.33 bits per heavy atom. The van der Waals surface area contributed by atoms with E-state index in [1.54, 1.807) is 0 Å². The maximum atomic E-state index is 13.3. The molecule has 0 aliphatic carbocycles. The molecule has 1 amide bonds. The van der Waals surface area contributed by atoms with Crippen molar-refractivity contribution < 1.29 is 18.0 Å². The summed E-state index contributed by atoms with van der Waals surface area (Å²) in [6.45, 7) is 2.27. The van der Waals surface area contributed by atoms with Gasteiger partial charge in [0.05, 0.1) is 5.56 Å². The summed E-state index contributed by atoms with van der Waals surface area (Å²) >= 11 is 3.27. The molecule has 0 saturated heterocycles. The summed E-state index contributed by atoms with van der Waals surface area (Å²) in [4.78, 5) is 11.6. The zero-order valence-corrected chi connectivity index (χ0v) is 11.4. The average molecular weight is 324 g/mol. The summed E-state index contributed by atoms with van der Waals surface area (Å²) in [6, 6.07) is 1.66. The molecule has 2 nitrogen and oxygen atoms in total. The van der Waals surface area contributed by atoms with Crippen LogP contribution >= 0.6 is 15.9 Å². The van der Waals surface area contributed by atoms with E-state index in [0.717, 1.165) is 23.9 Å². The van der Waals surface area contributed by atoms with Crippen LogP contribution in [0.3, 0.4) is 0 Å². The fourth-order valence-electron chi connectivity index (χ4n) is 1.35. The number of carbonyl (C=O) groups excluding carboxylic acids is 1. The van der Waals surface area contributed by atoms with Crippen LogP contribution in [-0.4, -0.2) is 17.8 Å². The Balaban J connectivity index is 2.71. The molecule has 0 saturated carbocycles. The molecule has 1 rings (SSSR count). The molecule has 6 heteroatoms. The molecule has 0 spiro atoms. The van der Waals surface area contributed by atoms with Gasteiger partial charge < -0.3 is 5.32 Å². The van der Waals surface area contributed by atoms with Crippen molar-refractivity contribution in [2.45, 2.75) is 13.3 Å². The highest BCUT2D eigenvalue weighted by Gasteiger charge is 2.18. The molecule has 0 aliphatic heterocycles. The lowest BCUT2D eigenvalue weighted by Crippen LogP contribution is -2.29. The first-order chi connectivity index (χ1) is 8.47. The Hall–Kier alpha value is -1.04. The van der Waals surface area contributed by atoms with Crippen molar-refractivity contribution in [3.05, 3.63) is 35.1 Å². The molecule has 1 aromatic carbocycles. The van der Waals surface area contributed by atoms with E-state index >= 15 is 0 Å². The van der Waals surface area contributed by atoms with Crippen molar-refractivity contribution in [3.8, 4) is 0 Å². The quantitative estimate of drug-likeness (QED) is 0.654. The van der Waals surface area contributed by atoms with Crippen molar-refractivity contribution >= 4 is 21.8 Å². The van der Waals surface area contributed by atoms with Crippen LogP contribution in [0.15, 0.2) is 12.1 Å². The molecular formula is C12H13BrF3NO. The van der Waals surface area contributed by atoms with E-state index in [1.165, 1.54) is 0 Å². The van der Waals surface area contributed by atoms with Gasteiger partial charge in [0.1, 0.15) is 0 Å². The third-order valence-corrected chi connectivity index (χ3v) is 2.95. The molecule has 18 heavy (non-hydrogen) atoms. The highest BCUT2D eigenvalue weighted by Crippen LogP contribution is 2.15. The Bertz CT molecular complexity index is 440. The Morgan fingerprint density at radius 2 is 2.00 bits per heavy atom. The summed E-state index contributed by atoms with van der Waals surface area (Å²) in [5.74, 6) is -4.93. The molecule has 0 radical (unpaired) electrons. The summed E-state index contributed by atoms with van der Waals surface area (Å²) < 4.78 is 38.9. The van der Waals surface area contributed by atoms with Gasteiger partial charge in [-0.2, -0.15) is 0 Å². The van der Waals surface area contributed by atoms with Crippen LogP contribution in [0.4, 0.5) is 13.2 Å². The van der Waals surface area contributed by atoms with E-state index in [4.69, 9.17) is 0 Å². The van der Waals surface area contributed by atoms with Crippen LogP contribution in [0, 0.1) is 23.4 Å². The third kappa shape index (κ3) is 3.73. The molecular weight excluding hydrogens is 311 g/mol. The number of amides is 1. The van der Waals surface area contributed by atoms with E-state index in [9.17, 15) is 18.0 Å². The van der Waals surface area contributed by atoms with Gasteiger partial charge in [0.15, 0.2) is 17.5 Å². The molecule has 0 heterocycles. The molecule has 100 valence electrons. The Labute approximate surface area is 112 Å². The Kier molecular flexibility index (Phi) is 5.65. The second-order valence-electron chi connectivity index (χ2n) is 4.02. The van der Waals surface area contributed by atoms with Crippen LogP contribution in [0.2, 0.25) is 0 Å². The van der Waals surface area contributed by atoms with E-state index in [1.807, 2.05) is 6.92 Å². The number of hydrogen-bond donors (Lipinski definition) is 1. The summed E-state index contributed by atoms with van der Waals surface area (Å²) in [5.41, 5.74) is -0.486. The lowest BCUT2D eigenvalue weighted by atomic mass is 10.1. The Morgan fingerprint density at radius 3 is 2.61 bits per heavy atom. The maximum absolute atomic E-state index is 13.3. The SMILES string of the molecule is CC(CCBr)CNC(=O)c1ccc(F)c(F)c1F. The van der Waals surface area contributed by atoms with Gasteiger partial charge in [-0.15, -0.1) is 0 Å². The number of nitrogens with one attached hydrogen (secondary N) is 1. The second-order valence-corrected chi connectivity index (χ2v) is 4.81. The third-order valence-electron chi connectivity index (χ3n) is 2.49.